The van der Waals surface area contributed by atoms with Gasteiger partial charge in [-0.1, -0.05) is 15.9 Å². The number of phenolic OH excluding ortho intramolecular Hbond substituents is 1. The molecule has 1 saturated carbocycles. The van der Waals surface area contributed by atoms with E-state index in [0.29, 0.717) is 10.4 Å². The molecule has 1 fully saturated rings. The topological polar surface area (TPSA) is 46.2 Å². The van der Waals surface area contributed by atoms with Gasteiger partial charge in [-0.15, -0.1) is 0 Å². The molecule has 0 aliphatic heterocycles. The third kappa shape index (κ3) is 1.77. The van der Waals surface area contributed by atoms with E-state index in [-0.39, 0.29) is 17.4 Å². The van der Waals surface area contributed by atoms with E-state index in [1.807, 2.05) is 0 Å². The highest BCUT2D eigenvalue weighted by Gasteiger charge is 2.32. The fraction of sp³-hybridized carbons (Fsp3) is 0.400. The number of halogens is 2. The average molecular weight is 260 g/mol. The van der Waals surface area contributed by atoms with Crippen molar-refractivity contribution in [2.24, 2.45) is 11.7 Å². The maximum absolute atomic E-state index is 13.5. The second-order valence-corrected chi connectivity index (χ2v) is 4.60. The van der Waals surface area contributed by atoms with Gasteiger partial charge in [0.25, 0.3) is 0 Å². The molecule has 2 rings (SSSR count). The summed E-state index contributed by atoms with van der Waals surface area (Å²) < 4.78 is 14.0. The summed E-state index contributed by atoms with van der Waals surface area (Å²) in [5.74, 6) is -0.163. The van der Waals surface area contributed by atoms with E-state index in [2.05, 4.69) is 15.9 Å². The van der Waals surface area contributed by atoms with Crippen LogP contribution in [0.1, 0.15) is 24.4 Å². The Morgan fingerprint density at radius 1 is 1.50 bits per heavy atom. The quantitative estimate of drug-likeness (QED) is 0.858. The van der Waals surface area contributed by atoms with Crippen LogP contribution < -0.4 is 5.73 Å². The first-order valence-corrected chi connectivity index (χ1v) is 5.32. The Labute approximate surface area is 90.1 Å². The van der Waals surface area contributed by atoms with Gasteiger partial charge in [0.05, 0.1) is 0 Å². The highest BCUT2D eigenvalue weighted by atomic mass is 79.9. The lowest BCUT2D eigenvalue weighted by atomic mass is 10.0. The molecule has 14 heavy (non-hydrogen) atoms. The van der Waals surface area contributed by atoms with Crippen LogP contribution in [0.4, 0.5) is 4.39 Å². The lowest BCUT2D eigenvalue weighted by Gasteiger charge is -2.13. The van der Waals surface area contributed by atoms with Crippen LogP contribution in [0.3, 0.4) is 0 Å². The molecule has 0 spiro atoms. The largest absolute Gasteiger partial charge is 0.507 e. The van der Waals surface area contributed by atoms with Crippen molar-refractivity contribution in [3.05, 3.63) is 28.0 Å². The summed E-state index contributed by atoms with van der Waals surface area (Å²) in [6.45, 7) is 0. The van der Waals surface area contributed by atoms with Gasteiger partial charge in [-0.25, -0.2) is 4.39 Å². The van der Waals surface area contributed by atoms with E-state index < -0.39 is 5.82 Å². The Bertz CT molecular complexity index is 342. The number of phenols is 1. The van der Waals surface area contributed by atoms with Crippen molar-refractivity contribution in [2.45, 2.75) is 18.9 Å². The summed E-state index contributed by atoms with van der Waals surface area (Å²) in [7, 11) is 0. The molecule has 1 atom stereocenters. The SMILES string of the molecule is NC(c1c(O)cc(Br)cc1F)C1CC1. The third-order valence-electron chi connectivity index (χ3n) is 2.54. The molecule has 76 valence electrons. The van der Waals surface area contributed by atoms with E-state index in [9.17, 15) is 9.50 Å². The Hall–Kier alpha value is -0.610. The molecule has 1 aromatic rings. The van der Waals surface area contributed by atoms with Gasteiger partial charge >= 0.3 is 0 Å². The summed E-state index contributed by atoms with van der Waals surface area (Å²) in [4.78, 5) is 0. The highest BCUT2D eigenvalue weighted by molar-refractivity contribution is 9.10. The van der Waals surface area contributed by atoms with Crippen LogP contribution in [-0.2, 0) is 0 Å². The van der Waals surface area contributed by atoms with Gasteiger partial charge in [0.2, 0.25) is 0 Å². The number of hydrogen-bond acceptors (Lipinski definition) is 2. The molecule has 1 aromatic carbocycles. The van der Waals surface area contributed by atoms with Crippen molar-refractivity contribution >= 4 is 15.9 Å². The van der Waals surface area contributed by atoms with Crippen LogP contribution in [0.5, 0.6) is 5.75 Å². The molecule has 0 heterocycles. The maximum Gasteiger partial charge on any atom is 0.132 e. The van der Waals surface area contributed by atoms with Gasteiger partial charge in [-0.3, -0.25) is 0 Å². The zero-order chi connectivity index (χ0) is 10.3. The fourth-order valence-corrected chi connectivity index (χ4v) is 2.01. The van der Waals surface area contributed by atoms with E-state index >= 15 is 0 Å². The minimum Gasteiger partial charge on any atom is -0.507 e. The van der Waals surface area contributed by atoms with Crippen LogP contribution in [-0.4, -0.2) is 5.11 Å². The molecule has 2 nitrogen and oxygen atoms in total. The Morgan fingerprint density at radius 3 is 2.64 bits per heavy atom. The van der Waals surface area contributed by atoms with Gasteiger partial charge in [0, 0.05) is 16.1 Å². The van der Waals surface area contributed by atoms with Gasteiger partial charge in [0.15, 0.2) is 0 Å². The van der Waals surface area contributed by atoms with E-state index in [1.54, 1.807) is 0 Å². The molecular weight excluding hydrogens is 249 g/mol. The number of aromatic hydroxyl groups is 1. The van der Waals surface area contributed by atoms with E-state index in [4.69, 9.17) is 5.73 Å². The average Bonchev–Trinajstić information content (AvgIpc) is 2.83. The first-order chi connectivity index (χ1) is 6.59. The van der Waals surface area contributed by atoms with Crippen molar-refractivity contribution in [1.82, 2.24) is 0 Å². The molecule has 0 saturated heterocycles. The summed E-state index contributed by atoms with van der Waals surface area (Å²) in [5, 5.41) is 9.57. The molecule has 3 N–H and O–H groups in total. The first-order valence-electron chi connectivity index (χ1n) is 4.53. The molecule has 0 aromatic heterocycles. The number of hydrogen-bond donors (Lipinski definition) is 2. The molecule has 1 aliphatic rings. The Morgan fingerprint density at radius 2 is 2.14 bits per heavy atom. The smallest absolute Gasteiger partial charge is 0.132 e. The lowest BCUT2D eigenvalue weighted by Crippen LogP contribution is -2.14. The van der Waals surface area contributed by atoms with Crippen molar-refractivity contribution in [2.75, 3.05) is 0 Å². The van der Waals surface area contributed by atoms with Gasteiger partial charge in [-0.2, -0.15) is 0 Å². The first kappa shape index (κ1) is 9.93. The fourth-order valence-electron chi connectivity index (χ4n) is 1.59. The van der Waals surface area contributed by atoms with Crippen LogP contribution in [0.2, 0.25) is 0 Å². The minimum atomic E-state index is -0.434. The maximum atomic E-state index is 13.5. The molecule has 1 aliphatic carbocycles. The van der Waals surface area contributed by atoms with Crippen LogP contribution in [0.25, 0.3) is 0 Å². The van der Waals surface area contributed by atoms with Crippen LogP contribution >= 0.6 is 15.9 Å². The number of benzene rings is 1. The minimum absolute atomic E-state index is 0.0590. The highest BCUT2D eigenvalue weighted by Crippen LogP contribution is 2.43. The normalized spacial score (nSPS) is 18.2. The number of rotatable bonds is 2. The molecule has 0 bridgehead atoms. The predicted molar refractivity (Wildman–Crippen MR) is 55.4 cm³/mol. The van der Waals surface area contributed by atoms with Crippen molar-refractivity contribution in [3.8, 4) is 5.75 Å². The van der Waals surface area contributed by atoms with Crippen LogP contribution in [0.15, 0.2) is 16.6 Å². The summed E-state index contributed by atoms with van der Waals surface area (Å²) in [6.07, 6.45) is 2.05. The van der Waals surface area contributed by atoms with Gasteiger partial charge < -0.3 is 10.8 Å². The third-order valence-corrected chi connectivity index (χ3v) is 2.99. The van der Waals surface area contributed by atoms with Crippen molar-refractivity contribution in [3.63, 3.8) is 0 Å². The lowest BCUT2D eigenvalue weighted by molar-refractivity contribution is 0.441. The summed E-state index contributed by atoms with van der Waals surface area (Å²) in [5.41, 5.74) is 6.08. The zero-order valence-corrected chi connectivity index (χ0v) is 9.09. The number of nitrogens with two attached hydrogens (primary N) is 1. The van der Waals surface area contributed by atoms with Gasteiger partial charge in [0.1, 0.15) is 11.6 Å². The predicted octanol–water partition coefficient (Wildman–Crippen LogP) is 2.70. The molecule has 0 amide bonds. The summed E-state index contributed by atoms with van der Waals surface area (Å²) >= 11 is 3.11. The summed E-state index contributed by atoms with van der Waals surface area (Å²) in [6, 6.07) is 2.43. The van der Waals surface area contributed by atoms with Gasteiger partial charge in [-0.05, 0) is 30.9 Å². The monoisotopic (exact) mass is 259 g/mol. The molecule has 0 radical (unpaired) electrons. The Kier molecular flexibility index (Phi) is 2.49. The van der Waals surface area contributed by atoms with Crippen molar-refractivity contribution in [1.29, 1.82) is 0 Å². The molecule has 1 unspecified atom stereocenters. The molecule has 4 heteroatoms. The second-order valence-electron chi connectivity index (χ2n) is 3.68. The van der Waals surface area contributed by atoms with Crippen molar-refractivity contribution < 1.29 is 9.50 Å². The molecular formula is C10H11BrFNO. The zero-order valence-electron chi connectivity index (χ0n) is 7.50. The standard InChI is InChI=1S/C10H11BrFNO/c11-6-3-7(12)9(8(14)4-6)10(13)5-1-2-5/h3-5,10,14H,1-2,13H2. The van der Waals surface area contributed by atoms with E-state index in [0.717, 1.165) is 12.8 Å². The van der Waals surface area contributed by atoms with E-state index in [1.165, 1.54) is 12.1 Å². The second kappa shape index (κ2) is 3.51. The van der Waals surface area contributed by atoms with Crippen LogP contribution in [0, 0.1) is 11.7 Å². The Balaban J connectivity index is 2.40.